The Morgan fingerprint density at radius 3 is 2.30 bits per heavy atom. The van der Waals surface area contributed by atoms with Gasteiger partial charge in [-0.25, -0.2) is 5.01 Å². The number of hydrogen-bond donors (Lipinski definition) is 1. The van der Waals surface area contributed by atoms with Gasteiger partial charge in [-0.15, -0.1) is 0 Å². The summed E-state index contributed by atoms with van der Waals surface area (Å²) < 4.78 is 5.22. The molecule has 0 heterocycles. The molecule has 0 aromatic carbocycles. The van der Waals surface area contributed by atoms with E-state index >= 15 is 0 Å². The monoisotopic (exact) mass is 146 g/mol. The van der Waals surface area contributed by atoms with Gasteiger partial charge in [0, 0.05) is 20.7 Å². The van der Waals surface area contributed by atoms with Crippen molar-refractivity contribution in [1.82, 2.24) is 10.4 Å². The third kappa shape index (κ3) is 2.64. The third-order valence-corrected chi connectivity index (χ3v) is 1.70. The molecule has 0 radical (unpaired) electrons. The maximum atomic E-state index is 5.22. The largest absolute Gasteiger partial charge is 0.363 e. The molecule has 0 saturated carbocycles. The molecule has 0 aliphatic carbocycles. The lowest BCUT2D eigenvalue weighted by Crippen LogP contribution is -2.50. The van der Waals surface area contributed by atoms with E-state index in [1.807, 2.05) is 25.9 Å². The molecule has 0 amide bonds. The summed E-state index contributed by atoms with van der Waals surface area (Å²) in [5.74, 6) is 0. The van der Waals surface area contributed by atoms with Gasteiger partial charge >= 0.3 is 0 Å². The third-order valence-electron chi connectivity index (χ3n) is 1.70. The Labute approximate surface area is 63.3 Å². The molecule has 0 bridgehead atoms. The summed E-state index contributed by atoms with van der Waals surface area (Å²) in [6, 6.07) is 0. The van der Waals surface area contributed by atoms with Gasteiger partial charge in [0.05, 0.1) is 0 Å². The van der Waals surface area contributed by atoms with E-state index in [1.165, 1.54) is 0 Å². The number of rotatable bonds is 4. The van der Waals surface area contributed by atoms with Crippen molar-refractivity contribution in [2.75, 3.05) is 20.7 Å². The van der Waals surface area contributed by atoms with Crippen LogP contribution in [0.2, 0.25) is 0 Å². The van der Waals surface area contributed by atoms with E-state index in [-0.39, 0.29) is 5.72 Å². The van der Waals surface area contributed by atoms with Crippen LogP contribution in [0.3, 0.4) is 0 Å². The lowest BCUT2D eigenvalue weighted by molar-refractivity contribution is -0.119. The van der Waals surface area contributed by atoms with E-state index in [2.05, 4.69) is 12.3 Å². The van der Waals surface area contributed by atoms with Crippen molar-refractivity contribution in [3.05, 3.63) is 0 Å². The van der Waals surface area contributed by atoms with Crippen molar-refractivity contribution >= 4 is 0 Å². The maximum Gasteiger partial charge on any atom is 0.127 e. The number of methoxy groups -OCH3 is 1. The van der Waals surface area contributed by atoms with E-state index in [4.69, 9.17) is 4.74 Å². The van der Waals surface area contributed by atoms with Crippen LogP contribution in [0.15, 0.2) is 0 Å². The molecule has 10 heavy (non-hydrogen) atoms. The van der Waals surface area contributed by atoms with Gasteiger partial charge in [0.25, 0.3) is 0 Å². The summed E-state index contributed by atoms with van der Waals surface area (Å²) in [7, 11) is 3.67. The van der Waals surface area contributed by atoms with Gasteiger partial charge in [0.1, 0.15) is 5.72 Å². The second-order valence-corrected chi connectivity index (χ2v) is 2.72. The Morgan fingerprint density at radius 1 is 1.50 bits per heavy atom. The molecule has 0 saturated heterocycles. The van der Waals surface area contributed by atoms with Crippen LogP contribution in [0.25, 0.3) is 0 Å². The minimum Gasteiger partial charge on any atom is -0.363 e. The van der Waals surface area contributed by atoms with Crippen molar-refractivity contribution in [3.63, 3.8) is 0 Å². The van der Waals surface area contributed by atoms with Crippen molar-refractivity contribution < 1.29 is 4.74 Å². The zero-order valence-corrected chi connectivity index (χ0v) is 7.56. The molecule has 0 atom stereocenters. The molecule has 0 fully saturated rings. The molecule has 0 aliphatic rings. The minimum atomic E-state index is -0.226. The van der Waals surface area contributed by atoms with Crippen LogP contribution in [0.5, 0.6) is 0 Å². The first-order valence-corrected chi connectivity index (χ1v) is 3.57. The van der Waals surface area contributed by atoms with Gasteiger partial charge in [-0.2, -0.15) is 0 Å². The maximum absolute atomic E-state index is 5.22. The number of ether oxygens (including phenoxy) is 1. The molecule has 0 aromatic heterocycles. The Morgan fingerprint density at radius 2 is 2.00 bits per heavy atom. The molecule has 0 rings (SSSR count). The van der Waals surface area contributed by atoms with Gasteiger partial charge in [-0.05, 0) is 13.8 Å². The molecule has 0 spiro atoms. The number of nitrogens with zero attached hydrogens (tertiary/aromatic N) is 1. The fourth-order valence-electron chi connectivity index (χ4n) is 0.564. The lowest BCUT2D eigenvalue weighted by Gasteiger charge is -2.33. The quantitative estimate of drug-likeness (QED) is 0.469. The first kappa shape index (κ1) is 9.88. The van der Waals surface area contributed by atoms with E-state index in [1.54, 1.807) is 7.11 Å². The zero-order chi connectivity index (χ0) is 8.20. The topological polar surface area (TPSA) is 24.5 Å². The molecule has 3 heteroatoms. The Balaban J connectivity index is 3.78. The van der Waals surface area contributed by atoms with Crippen LogP contribution >= 0.6 is 0 Å². The predicted octanol–water partition coefficient (Wildman–Crippen LogP) is 0.825. The van der Waals surface area contributed by atoms with Gasteiger partial charge in [-0.1, -0.05) is 6.92 Å². The van der Waals surface area contributed by atoms with Crippen molar-refractivity contribution in [1.29, 1.82) is 0 Å². The highest BCUT2D eigenvalue weighted by Crippen LogP contribution is 2.08. The zero-order valence-electron chi connectivity index (χ0n) is 7.56. The highest BCUT2D eigenvalue weighted by Gasteiger charge is 2.21. The van der Waals surface area contributed by atoms with Crippen molar-refractivity contribution in [3.8, 4) is 0 Å². The Kier molecular flexibility index (Phi) is 3.86. The average Bonchev–Trinajstić information content (AvgIpc) is 1.89. The fourth-order valence-corrected chi connectivity index (χ4v) is 0.564. The predicted molar refractivity (Wildman–Crippen MR) is 42.5 cm³/mol. The normalized spacial score (nSPS) is 12.6. The summed E-state index contributed by atoms with van der Waals surface area (Å²) in [4.78, 5) is 0. The summed E-state index contributed by atoms with van der Waals surface area (Å²) in [5.41, 5.74) is 2.92. The second kappa shape index (κ2) is 3.91. The SMILES string of the molecule is CCNN(C)C(C)(C)OC. The highest BCUT2D eigenvalue weighted by molar-refractivity contribution is 4.62. The molecule has 0 aromatic rings. The first-order valence-electron chi connectivity index (χ1n) is 3.57. The molecule has 3 nitrogen and oxygen atoms in total. The van der Waals surface area contributed by atoms with Crippen molar-refractivity contribution in [2.24, 2.45) is 0 Å². The minimum absolute atomic E-state index is 0.226. The van der Waals surface area contributed by atoms with Crippen LogP contribution in [-0.4, -0.2) is 31.4 Å². The molecule has 62 valence electrons. The number of hydrogen-bond acceptors (Lipinski definition) is 3. The van der Waals surface area contributed by atoms with Crippen LogP contribution in [0, 0.1) is 0 Å². The van der Waals surface area contributed by atoms with Gasteiger partial charge < -0.3 is 4.74 Å². The van der Waals surface area contributed by atoms with E-state index < -0.39 is 0 Å². The number of nitrogens with one attached hydrogen (secondary N) is 1. The summed E-state index contributed by atoms with van der Waals surface area (Å²) >= 11 is 0. The standard InChI is InChI=1S/C7H18N2O/c1-6-8-9(4)7(2,3)10-5/h8H,6H2,1-5H3. The van der Waals surface area contributed by atoms with Gasteiger partial charge in [-0.3, -0.25) is 5.43 Å². The fraction of sp³-hybridized carbons (Fsp3) is 1.00. The molecule has 0 unspecified atom stereocenters. The van der Waals surface area contributed by atoms with E-state index in [0.29, 0.717) is 0 Å². The van der Waals surface area contributed by atoms with Crippen molar-refractivity contribution in [2.45, 2.75) is 26.5 Å². The summed E-state index contributed by atoms with van der Waals surface area (Å²) in [5, 5.41) is 1.95. The van der Waals surface area contributed by atoms with E-state index in [9.17, 15) is 0 Å². The Bertz CT molecular complexity index is 93.6. The number of hydrazine groups is 1. The van der Waals surface area contributed by atoms with Crippen LogP contribution in [0.1, 0.15) is 20.8 Å². The second-order valence-electron chi connectivity index (χ2n) is 2.72. The highest BCUT2D eigenvalue weighted by atomic mass is 16.5. The lowest BCUT2D eigenvalue weighted by atomic mass is 10.3. The molecular weight excluding hydrogens is 128 g/mol. The smallest absolute Gasteiger partial charge is 0.127 e. The van der Waals surface area contributed by atoms with E-state index in [0.717, 1.165) is 6.54 Å². The summed E-state index contributed by atoms with van der Waals surface area (Å²) in [6.07, 6.45) is 0. The molecule has 1 N–H and O–H groups in total. The molecular formula is C7H18N2O. The first-order chi connectivity index (χ1) is 4.54. The average molecular weight is 146 g/mol. The van der Waals surface area contributed by atoms with Gasteiger partial charge in [0.15, 0.2) is 0 Å². The summed E-state index contributed by atoms with van der Waals surface area (Å²) in [6.45, 7) is 7.00. The van der Waals surface area contributed by atoms with Crippen LogP contribution in [-0.2, 0) is 4.74 Å². The Hall–Kier alpha value is -0.120. The molecule has 0 aliphatic heterocycles. The van der Waals surface area contributed by atoms with Crippen LogP contribution in [0.4, 0.5) is 0 Å². The van der Waals surface area contributed by atoms with Crippen LogP contribution < -0.4 is 5.43 Å². The van der Waals surface area contributed by atoms with Gasteiger partial charge in [0.2, 0.25) is 0 Å².